The quantitative estimate of drug-likeness (QED) is 0.854. The number of hydrogen-bond acceptors (Lipinski definition) is 4. The van der Waals surface area contributed by atoms with Crippen molar-refractivity contribution < 1.29 is 8.42 Å². The lowest BCUT2D eigenvalue weighted by molar-refractivity contribution is 0.581. The van der Waals surface area contributed by atoms with E-state index in [9.17, 15) is 8.42 Å². The van der Waals surface area contributed by atoms with Gasteiger partial charge in [0.15, 0.2) is 0 Å². The van der Waals surface area contributed by atoms with E-state index in [0.717, 1.165) is 11.1 Å². The van der Waals surface area contributed by atoms with E-state index in [1.165, 1.54) is 0 Å². The van der Waals surface area contributed by atoms with Crippen LogP contribution in [0.15, 0.2) is 53.7 Å². The fourth-order valence-corrected chi connectivity index (χ4v) is 2.69. The van der Waals surface area contributed by atoms with Crippen LogP contribution in [0.25, 0.3) is 0 Å². The van der Waals surface area contributed by atoms with E-state index in [0.29, 0.717) is 6.54 Å². The minimum atomic E-state index is -3.52. The van der Waals surface area contributed by atoms with E-state index >= 15 is 0 Å². The summed E-state index contributed by atoms with van der Waals surface area (Å²) in [5.74, 6) is 0. The first-order chi connectivity index (χ1) is 9.12. The Bertz CT molecular complexity index is 642. The summed E-state index contributed by atoms with van der Waals surface area (Å²) in [5.41, 5.74) is 7.09. The minimum Gasteiger partial charge on any atom is -0.326 e. The van der Waals surface area contributed by atoms with Crippen LogP contribution in [0.4, 0.5) is 0 Å². The van der Waals surface area contributed by atoms with Gasteiger partial charge in [-0.05, 0) is 29.3 Å². The maximum Gasteiger partial charge on any atom is 0.240 e. The Hall–Kier alpha value is -1.76. The molecule has 2 rings (SSSR count). The zero-order valence-corrected chi connectivity index (χ0v) is 11.1. The van der Waals surface area contributed by atoms with Gasteiger partial charge in [-0.3, -0.25) is 4.98 Å². The van der Waals surface area contributed by atoms with Gasteiger partial charge < -0.3 is 5.73 Å². The third-order valence-corrected chi connectivity index (χ3v) is 4.03. The van der Waals surface area contributed by atoms with E-state index in [2.05, 4.69) is 9.71 Å². The lowest BCUT2D eigenvalue weighted by Gasteiger charge is -2.07. The summed E-state index contributed by atoms with van der Waals surface area (Å²) in [6.07, 6.45) is 3.27. The third kappa shape index (κ3) is 3.60. The Morgan fingerprint density at radius 1 is 1.16 bits per heavy atom. The monoisotopic (exact) mass is 277 g/mol. The topological polar surface area (TPSA) is 85.1 Å². The Kier molecular flexibility index (Phi) is 4.26. The molecule has 19 heavy (non-hydrogen) atoms. The highest BCUT2D eigenvalue weighted by atomic mass is 32.2. The van der Waals surface area contributed by atoms with Gasteiger partial charge in [0.05, 0.1) is 4.90 Å². The van der Waals surface area contributed by atoms with Crippen molar-refractivity contribution in [1.29, 1.82) is 0 Å². The van der Waals surface area contributed by atoms with Crippen molar-refractivity contribution in [2.45, 2.75) is 18.0 Å². The van der Waals surface area contributed by atoms with Crippen molar-refractivity contribution in [3.8, 4) is 0 Å². The summed E-state index contributed by atoms with van der Waals surface area (Å²) in [4.78, 5) is 4.16. The van der Waals surface area contributed by atoms with Gasteiger partial charge in [-0.1, -0.05) is 18.2 Å². The number of rotatable bonds is 5. The molecular weight excluding hydrogens is 262 g/mol. The number of hydrogen-bond donors (Lipinski definition) is 2. The largest absolute Gasteiger partial charge is 0.326 e. The maximum atomic E-state index is 12.1. The van der Waals surface area contributed by atoms with Gasteiger partial charge in [0.1, 0.15) is 0 Å². The van der Waals surface area contributed by atoms with Crippen LogP contribution in [0.1, 0.15) is 11.1 Å². The Labute approximate surface area is 112 Å². The first kappa shape index (κ1) is 13.7. The summed E-state index contributed by atoms with van der Waals surface area (Å²) < 4.78 is 26.7. The number of pyridine rings is 1. The molecule has 6 heteroatoms. The van der Waals surface area contributed by atoms with Gasteiger partial charge in [0.25, 0.3) is 0 Å². The molecule has 2 aromatic rings. The van der Waals surface area contributed by atoms with Gasteiger partial charge >= 0.3 is 0 Å². The van der Waals surface area contributed by atoms with E-state index in [-0.39, 0.29) is 11.4 Å². The molecule has 0 aliphatic heterocycles. The van der Waals surface area contributed by atoms with Crippen LogP contribution in [0, 0.1) is 0 Å². The molecule has 3 N–H and O–H groups in total. The average molecular weight is 277 g/mol. The Morgan fingerprint density at radius 2 is 1.95 bits per heavy atom. The molecule has 0 amide bonds. The molecular formula is C13H15N3O2S. The molecule has 1 heterocycles. The molecule has 0 atom stereocenters. The number of nitrogens with zero attached hydrogens (tertiary/aromatic N) is 1. The highest BCUT2D eigenvalue weighted by Gasteiger charge is 2.13. The summed E-state index contributed by atoms with van der Waals surface area (Å²) in [5, 5.41) is 0. The fourth-order valence-electron chi connectivity index (χ4n) is 1.60. The first-order valence-corrected chi connectivity index (χ1v) is 7.28. The van der Waals surface area contributed by atoms with Gasteiger partial charge in [0, 0.05) is 25.5 Å². The highest BCUT2D eigenvalue weighted by Crippen LogP contribution is 2.11. The summed E-state index contributed by atoms with van der Waals surface area (Å²) >= 11 is 0. The molecule has 0 radical (unpaired) electrons. The number of nitrogens with two attached hydrogens (primary N) is 1. The molecule has 0 bridgehead atoms. The molecule has 0 saturated heterocycles. The van der Waals surface area contributed by atoms with Gasteiger partial charge in [-0.15, -0.1) is 0 Å². The molecule has 100 valence electrons. The molecule has 1 aromatic carbocycles. The fraction of sp³-hybridized carbons (Fsp3) is 0.154. The summed E-state index contributed by atoms with van der Waals surface area (Å²) in [6.45, 7) is 0.523. The lowest BCUT2D eigenvalue weighted by atomic mass is 10.2. The Balaban J connectivity index is 2.14. The van der Waals surface area contributed by atoms with Crippen molar-refractivity contribution >= 4 is 10.0 Å². The molecule has 0 fully saturated rings. The van der Waals surface area contributed by atoms with Crippen molar-refractivity contribution in [1.82, 2.24) is 9.71 Å². The van der Waals surface area contributed by atoms with E-state index in [4.69, 9.17) is 5.73 Å². The van der Waals surface area contributed by atoms with E-state index < -0.39 is 10.0 Å². The van der Waals surface area contributed by atoms with Crippen LogP contribution in [0.5, 0.6) is 0 Å². The minimum absolute atomic E-state index is 0.211. The second kappa shape index (κ2) is 5.92. The summed E-state index contributed by atoms with van der Waals surface area (Å²) in [6, 6.07) is 10.2. The van der Waals surface area contributed by atoms with E-state index in [1.807, 2.05) is 6.07 Å². The second-order valence-electron chi connectivity index (χ2n) is 4.04. The standard InChI is InChI=1S/C13H15N3O2S/c14-8-11-3-1-5-13(7-11)19(17,18)16-10-12-4-2-6-15-9-12/h1-7,9,16H,8,10,14H2. The molecule has 0 unspecified atom stereocenters. The maximum absolute atomic E-state index is 12.1. The predicted octanol–water partition coefficient (Wildman–Crippen LogP) is 1.02. The first-order valence-electron chi connectivity index (χ1n) is 5.79. The van der Waals surface area contributed by atoms with Crippen LogP contribution in [-0.2, 0) is 23.1 Å². The van der Waals surface area contributed by atoms with Crippen LogP contribution in [0.3, 0.4) is 0 Å². The van der Waals surface area contributed by atoms with Crippen LogP contribution in [-0.4, -0.2) is 13.4 Å². The smallest absolute Gasteiger partial charge is 0.240 e. The molecule has 0 aliphatic rings. The Morgan fingerprint density at radius 3 is 2.63 bits per heavy atom. The van der Waals surface area contributed by atoms with Crippen molar-refractivity contribution in [2.75, 3.05) is 0 Å². The zero-order valence-electron chi connectivity index (χ0n) is 10.3. The number of benzene rings is 1. The van der Waals surface area contributed by atoms with Gasteiger partial charge in [-0.25, -0.2) is 13.1 Å². The van der Waals surface area contributed by atoms with Crippen molar-refractivity contribution in [3.05, 3.63) is 59.9 Å². The summed E-state index contributed by atoms with van der Waals surface area (Å²) in [7, 11) is -3.52. The average Bonchev–Trinajstić information content (AvgIpc) is 2.46. The number of aromatic nitrogens is 1. The van der Waals surface area contributed by atoms with Crippen LogP contribution >= 0.6 is 0 Å². The second-order valence-corrected chi connectivity index (χ2v) is 5.80. The molecule has 5 nitrogen and oxygen atoms in total. The molecule has 0 saturated carbocycles. The third-order valence-electron chi connectivity index (χ3n) is 2.63. The van der Waals surface area contributed by atoms with Gasteiger partial charge in [-0.2, -0.15) is 0 Å². The normalized spacial score (nSPS) is 11.4. The van der Waals surface area contributed by atoms with Crippen LogP contribution in [0.2, 0.25) is 0 Å². The molecule has 0 spiro atoms. The predicted molar refractivity (Wildman–Crippen MR) is 72.6 cm³/mol. The van der Waals surface area contributed by atoms with Crippen molar-refractivity contribution in [3.63, 3.8) is 0 Å². The van der Waals surface area contributed by atoms with Crippen molar-refractivity contribution in [2.24, 2.45) is 5.73 Å². The van der Waals surface area contributed by atoms with Crippen LogP contribution < -0.4 is 10.5 Å². The highest BCUT2D eigenvalue weighted by molar-refractivity contribution is 7.89. The van der Waals surface area contributed by atoms with E-state index in [1.54, 1.807) is 42.7 Å². The van der Waals surface area contributed by atoms with Gasteiger partial charge in [0.2, 0.25) is 10.0 Å². The SMILES string of the molecule is NCc1cccc(S(=O)(=O)NCc2cccnc2)c1. The molecule has 1 aromatic heterocycles. The number of sulfonamides is 1. The zero-order chi connectivity index (χ0) is 13.7. The molecule has 0 aliphatic carbocycles. The lowest BCUT2D eigenvalue weighted by Crippen LogP contribution is -2.23. The number of nitrogens with one attached hydrogen (secondary N) is 1.